The summed E-state index contributed by atoms with van der Waals surface area (Å²) in [6.07, 6.45) is 1.58. The molecule has 2 aromatic rings. The number of rotatable bonds is 1. The van der Waals surface area contributed by atoms with Gasteiger partial charge in [-0.2, -0.15) is 0 Å². The second-order valence-corrected chi connectivity index (χ2v) is 3.15. The molecule has 2 aromatic heterocycles. The highest BCUT2D eigenvalue weighted by molar-refractivity contribution is 5.89. The van der Waals surface area contributed by atoms with E-state index in [1.54, 1.807) is 19.3 Å². The molecule has 0 atom stereocenters. The number of hydrogen-bond acceptors (Lipinski definition) is 4. The molecule has 0 aromatic carbocycles. The molecule has 0 saturated heterocycles. The molecule has 0 fully saturated rings. The fourth-order valence-electron chi connectivity index (χ4n) is 1.41. The molecule has 74 valence electrons. The first kappa shape index (κ1) is 8.83. The molecule has 2 heterocycles. The van der Waals surface area contributed by atoms with E-state index in [0.29, 0.717) is 17.4 Å². The summed E-state index contributed by atoms with van der Waals surface area (Å²) in [6, 6.07) is 1.72. The number of pyridine rings is 1. The van der Waals surface area contributed by atoms with Crippen molar-refractivity contribution in [1.29, 1.82) is 0 Å². The minimum absolute atomic E-state index is 0.000278. The zero-order valence-electron chi connectivity index (χ0n) is 7.73. The van der Waals surface area contributed by atoms with Crippen LogP contribution in [-0.2, 0) is 13.6 Å². The fourth-order valence-corrected chi connectivity index (χ4v) is 1.41. The van der Waals surface area contributed by atoms with Crippen LogP contribution >= 0.6 is 0 Å². The van der Waals surface area contributed by atoms with Crippen LogP contribution in [0, 0.1) is 0 Å². The Kier molecular flexibility index (Phi) is 1.82. The van der Waals surface area contributed by atoms with Crippen molar-refractivity contribution in [2.45, 2.75) is 6.54 Å². The van der Waals surface area contributed by atoms with Gasteiger partial charge in [0.15, 0.2) is 0 Å². The van der Waals surface area contributed by atoms with Crippen molar-refractivity contribution in [3.8, 4) is 11.8 Å². The molecular formula is C9H11N3O2. The molecule has 0 bridgehead atoms. The third kappa shape index (κ3) is 1.03. The van der Waals surface area contributed by atoms with Gasteiger partial charge >= 0.3 is 0 Å². The summed E-state index contributed by atoms with van der Waals surface area (Å²) in [5, 5.41) is 19.7. The summed E-state index contributed by atoms with van der Waals surface area (Å²) >= 11 is 0. The van der Waals surface area contributed by atoms with Crippen LogP contribution < -0.4 is 5.73 Å². The summed E-state index contributed by atoms with van der Waals surface area (Å²) in [6.45, 7) is 0.359. The zero-order chi connectivity index (χ0) is 10.3. The first-order chi connectivity index (χ1) is 6.65. The molecule has 5 nitrogen and oxygen atoms in total. The Labute approximate surface area is 80.4 Å². The molecule has 0 amide bonds. The summed E-state index contributed by atoms with van der Waals surface area (Å²) in [5.41, 5.74) is 6.65. The lowest BCUT2D eigenvalue weighted by Crippen LogP contribution is -1.96. The Balaban J connectivity index is 2.82. The van der Waals surface area contributed by atoms with Crippen molar-refractivity contribution in [1.82, 2.24) is 9.55 Å². The van der Waals surface area contributed by atoms with Crippen molar-refractivity contribution < 1.29 is 10.2 Å². The van der Waals surface area contributed by atoms with Crippen molar-refractivity contribution >= 4 is 10.9 Å². The lowest BCUT2D eigenvalue weighted by molar-refractivity contribution is 0.390. The quantitative estimate of drug-likeness (QED) is 0.613. The van der Waals surface area contributed by atoms with Gasteiger partial charge in [-0.3, -0.25) is 9.55 Å². The highest BCUT2D eigenvalue weighted by Crippen LogP contribution is 2.33. The van der Waals surface area contributed by atoms with Gasteiger partial charge in [0.05, 0.1) is 5.39 Å². The smallest absolute Gasteiger partial charge is 0.221 e. The highest BCUT2D eigenvalue weighted by Gasteiger charge is 2.14. The predicted molar refractivity (Wildman–Crippen MR) is 51.9 cm³/mol. The molecule has 0 aliphatic carbocycles. The third-order valence-electron chi connectivity index (χ3n) is 2.27. The lowest BCUT2D eigenvalue weighted by Gasteiger charge is -1.95. The summed E-state index contributed by atoms with van der Waals surface area (Å²) in [5.74, 6) is -0.0404. The molecule has 5 heteroatoms. The molecule has 0 aliphatic rings. The monoisotopic (exact) mass is 193 g/mol. The summed E-state index contributed by atoms with van der Waals surface area (Å²) in [7, 11) is 1.56. The van der Waals surface area contributed by atoms with Crippen molar-refractivity contribution in [2.75, 3.05) is 0 Å². The number of aromatic nitrogens is 2. The number of fused-ring (bicyclic) bond motifs is 1. The van der Waals surface area contributed by atoms with E-state index < -0.39 is 0 Å². The first-order valence-electron chi connectivity index (χ1n) is 4.20. The van der Waals surface area contributed by atoms with Gasteiger partial charge in [0.1, 0.15) is 5.52 Å². The van der Waals surface area contributed by atoms with Gasteiger partial charge in [0, 0.05) is 19.8 Å². The van der Waals surface area contributed by atoms with Crippen LogP contribution in [0.1, 0.15) is 5.56 Å². The van der Waals surface area contributed by atoms with Crippen molar-refractivity contribution in [3.63, 3.8) is 0 Å². The Bertz CT molecular complexity index is 490. The van der Waals surface area contributed by atoms with E-state index in [9.17, 15) is 10.2 Å². The average Bonchev–Trinajstić information content (AvgIpc) is 2.44. The molecule has 2 rings (SSSR count). The van der Waals surface area contributed by atoms with Gasteiger partial charge in [-0.15, -0.1) is 0 Å². The van der Waals surface area contributed by atoms with Crippen molar-refractivity contribution in [3.05, 3.63) is 17.8 Å². The second-order valence-electron chi connectivity index (χ2n) is 3.15. The molecule has 0 aliphatic heterocycles. The topological polar surface area (TPSA) is 84.3 Å². The molecule has 0 unspecified atom stereocenters. The third-order valence-corrected chi connectivity index (χ3v) is 2.27. The average molecular weight is 193 g/mol. The van der Waals surface area contributed by atoms with Crippen LogP contribution in [0.2, 0.25) is 0 Å². The number of hydrogen-bond donors (Lipinski definition) is 3. The SMILES string of the molecule is Cn1c(O)c2cc(CN)cnc2c1O. The van der Waals surface area contributed by atoms with E-state index in [-0.39, 0.29) is 11.8 Å². The van der Waals surface area contributed by atoms with Crippen LogP contribution in [0.5, 0.6) is 11.8 Å². The normalized spacial score (nSPS) is 11.0. The Morgan fingerprint density at radius 3 is 2.79 bits per heavy atom. The van der Waals surface area contributed by atoms with Crippen LogP contribution in [0.3, 0.4) is 0 Å². The van der Waals surface area contributed by atoms with E-state index in [0.717, 1.165) is 5.56 Å². The predicted octanol–water partition coefficient (Wildman–Crippen LogP) is 0.443. The Hall–Kier alpha value is -1.75. The van der Waals surface area contributed by atoms with E-state index in [2.05, 4.69) is 4.98 Å². The minimum atomic E-state index is -0.0407. The lowest BCUT2D eigenvalue weighted by atomic mass is 10.2. The zero-order valence-corrected chi connectivity index (χ0v) is 7.73. The molecule has 14 heavy (non-hydrogen) atoms. The fraction of sp³-hybridized carbons (Fsp3) is 0.222. The standard InChI is InChI=1S/C9H11N3O2/c1-12-8(13)6-2-5(3-10)4-11-7(6)9(12)14/h2,4,13-14H,3,10H2,1H3. The first-order valence-corrected chi connectivity index (χ1v) is 4.20. The molecular weight excluding hydrogens is 182 g/mol. The largest absolute Gasteiger partial charge is 0.494 e. The van der Waals surface area contributed by atoms with Crippen molar-refractivity contribution in [2.24, 2.45) is 12.8 Å². The summed E-state index contributed by atoms with van der Waals surface area (Å²) in [4.78, 5) is 4.02. The maximum Gasteiger partial charge on any atom is 0.221 e. The van der Waals surface area contributed by atoms with Gasteiger partial charge < -0.3 is 15.9 Å². The van der Waals surface area contributed by atoms with E-state index in [1.807, 2.05) is 0 Å². The Morgan fingerprint density at radius 2 is 2.14 bits per heavy atom. The molecule has 0 saturated carbocycles. The maximum atomic E-state index is 9.62. The van der Waals surface area contributed by atoms with E-state index in [4.69, 9.17) is 5.73 Å². The summed E-state index contributed by atoms with van der Waals surface area (Å²) < 4.78 is 1.28. The van der Waals surface area contributed by atoms with Crippen LogP contribution in [0.4, 0.5) is 0 Å². The van der Waals surface area contributed by atoms with Crippen LogP contribution in [-0.4, -0.2) is 19.8 Å². The maximum absolute atomic E-state index is 9.62. The van der Waals surface area contributed by atoms with Gasteiger partial charge in [0.2, 0.25) is 11.8 Å². The molecule has 0 spiro atoms. The minimum Gasteiger partial charge on any atom is -0.494 e. The van der Waals surface area contributed by atoms with Gasteiger partial charge in [-0.1, -0.05) is 0 Å². The second kappa shape index (κ2) is 2.88. The van der Waals surface area contributed by atoms with Gasteiger partial charge in [-0.05, 0) is 11.6 Å². The number of nitrogens with two attached hydrogens (primary N) is 1. The highest BCUT2D eigenvalue weighted by atomic mass is 16.3. The van der Waals surface area contributed by atoms with Gasteiger partial charge in [-0.25, -0.2) is 0 Å². The number of aromatic hydroxyl groups is 2. The van der Waals surface area contributed by atoms with E-state index >= 15 is 0 Å². The molecule has 0 radical (unpaired) electrons. The van der Waals surface area contributed by atoms with Gasteiger partial charge in [0.25, 0.3) is 0 Å². The van der Waals surface area contributed by atoms with Crippen LogP contribution in [0.25, 0.3) is 10.9 Å². The number of nitrogens with zero attached hydrogens (tertiary/aromatic N) is 2. The molecule has 4 N–H and O–H groups in total. The van der Waals surface area contributed by atoms with E-state index in [1.165, 1.54) is 4.57 Å². The van der Waals surface area contributed by atoms with Crippen LogP contribution in [0.15, 0.2) is 12.3 Å². The Morgan fingerprint density at radius 1 is 1.43 bits per heavy atom.